The molecule has 0 spiro atoms. The van der Waals surface area contributed by atoms with E-state index < -0.39 is 0 Å². The number of carbonyl (C=O) groups is 2. The van der Waals surface area contributed by atoms with Crippen LogP contribution in [0.1, 0.15) is 30.4 Å². The van der Waals surface area contributed by atoms with Gasteiger partial charge in [0, 0.05) is 28.8 Å². The first-order chi connectivity index (χ1) is 14.6. The van der Waals surface area contributed by atoms with Gasteiger partial charge in [-0.1, -0.05) is 54.1 Å². The first kappa shape index (κ1) is 21.0. The molecule has 4 nitrogen and oxygen atoms in total. The lowest BCUT2D eigenvalue weighted by Gasteiger charge is -2.39. The van der Waals surface area contributed by atoms with E-state index in [9.17, 15) is 9.59 Å². The summed E-state index contributed by atoms with van der Waals surface area (Å²) < 4.78 is 0. The van der Waals surface area contributed by atoms with Gasteiger partial charge in [-0.3, -0.25) is 9.59 Å². The number of amides is 2. The molecule has 1 saturated heterocycles. The molecule has 1 saturated carbocycles. The summed E-state index contributed by atoms with van der Waals surface area (Å²) in [6.07, 6.45) is 5.19. The number of rotatable bonds is 5. The Hall–Kier alpha value is -2.24. The minimum Gasteiger partial charge on any atom is -0.356 e. The maximum atomic E-state index is 12.6. The first-order valence-corrected chi connectivity index (χ1v) is 11.6. The van der Waals surface area contributed by atoms with Gasteiger partial charge in [-0.2, -0.15) is 0 Å². The maximum Gasteiger partial charge on any atom is 0.257 e. The van der Waals surface area contributed by atoms with E-state index in [0.717, 1.165) is 24.8 Å². The summed E-state index contributed by atoms with van der Waals surface area (Å²) in [4.78, 5) is 25.9. The third-order valence-electron chi connectivity index (χ3n) is 5.68. The summed E-state index contributed by atoms with van der Waals surface area (Å²) in [7, 11) is 0. The van der Waals surface area contributed by atoms with Crippen molar-refractivity contribution in [1.29, 1.82) is 0 Å². The first-order valence-electron chi connectivity index (χ1n) is 10.3. The van der Waals surface area contributed by atoms with Crippen molar-refractivity contribution in [3.05, 3.63) is 75.7 Å². The topological polar surface area (TPSA) is 58.2 Å². The molecule has 3 atom stereocenters. The third-order valence-corrected chi connectivity index (χ3v) is 7.34. The molecule has 2 amide bonds. The van der Waals surface area contributed by atoms with Crippen LogP contribution in [-0.4, -0.2) is 29.7 Å². The zero-order valence-electron chi connectivity index (χ0n) is 16.6. The van der Waals surface area contributed by atoms with Gasteiger partial charge in [0.25, 0.3) is 5.91 Å². The van der Waals surface area contributed by atoms with Crippen molar-refractivity contribution in [3.63, 3.8) is 0 Å². The van der Waals surface area contributed by atoms with E-state index in [4.69, 9.17) is 11.6 Å². The minimum absolute atomic E-state index is 0.0395. The molecule has 1 aliphatic heterocycles. The molecular weight excluding hydrogens is 416 g/mol. The van der Waals surface area contributed by atoms with Crippen LogP contribution in [0.5, 0.6) is 0 Å². The third kappa shape index (κ3) is 5.27. The van der Waals surface area contributed by atoms with Gasteiger partial charge in [-0.15, -0.1) is 11.8 Å². The zero-order chi connectivity index (χ0) is 20.9. The Balaban J connectivity index is 1.31. The number of halogens is 1. The fourth-order valence-corrected chi connectivity index (χ4v) is 5.59. The number of hydrogen-bond donors (Lipinski definition) is 2. The van der Waals surface area contributed by atoms with Crippen molar-refractivity contribution in [2.75, 3.05) is 6.54 Å². The molecule has 0 radical (unpaired) electrons. The van der Waals surface area contributed by atoms with Gasteiger partial charge in [0.1, 0.15) is 0 Å². The van der Waals surface area contributed by atoms with Gasteiger partial charge >= 0.3 is 0 Å². The van der Waals surface area contributed by atoms with E-state index in [-0.39, 0.29) is 23.8 Å². The van der Waals surface area contributed by atoms with E-state index >= 15 is 0 Å². The minimum atomic E-state index is -0.0636. The van der Waals surface area contributed by atoms with Crippen molar-refractivity contribution in [1.82, 2.24) is 10.6 Å². The Morgan fingerprint density at radius 1 is 1.17 bits per heavy atom. The van der Waals surface area contributed by atoms with Crippen molar-refractivity contribution in [3.8, 4) is 0 Å². The Labute approximate surface area is 186 Å². The van der Waals surface area contributed by atoms with Gasteiger partial charge < -0.3 is 10.6 Å². The summed E-state index contributed by atoms with van der Waals surface area (Å²) in [5.41, 5.74) is 2.14. The lowest BCUT2D eigenvalue weighted by molar-refractivity contribution is -0.127. The molecule has 156 valence electrons. The quantitative estimate of drug-likeness (QED) is 0.676. The molecule has 2 fully saturated rings. The van der Waals surface area contributed by atoms with Crippen LogP contribution < -0.4 is 10.6 Å². The van der Waals surface area contributed by atoms with Crippen molar-refractivity contribution in [2.45, 2.75) is 37.0 Å². The molecule has 6 heteroatoms. The second-order valence-corrected chi connectivity index (χ2v) is 9.55. The van der Waals surface area contributed by atoms with Gasteiger partial charge in [0.05, 0.1) is 4.91 Å². The van der Waals surface area contributed by atoms with E-state index in [0.29, 0.717) is 28.1 Å². The fourth-order valence-electron chi connectivity index (χ4n) is 4.10. The van der Waals surface area contributed by atoms with Crippen LogP contribution >= 0.6 is 23.4 Å². The second kappa shape index (κ2) is 9.71. The van der Waals surface area contributed by atoms with Crippen LogP contribution in [0.15, 0.2) is 59.5 Å². The largest absolute Gasteiger partial charge is 0.356 e. The molecule has 4 rings (SSSR count). The fraction of sp³-hybridized carbons (Fsp3) is 0.333. The predicted molar refractivity (Wildman–Crippen MR) is 123 cm³/mol. The highest BCUT2D eigenvalue weighted by molar-refractivity contribution is 8.04. The van der Waals surface area contributed by atoms with Crippen LogP contribution in [-0.2, 0) is 16.0 Å². The maximum absolute atomic E-state index is 12.6. The molecule has 1 heterocycles. The van der Waals surface area contributed by atoms with Gasteiger partial charge in [0.2, 0.25) is 5.91 Å². The molecule has 1 aliphatic carbocycles. The summed E-state index contributed by atoms with van der Waals surface area (Å²) in [5, 5.41) is 7.16. The normalized spacial score (nSPS) is 24.8. The lowest BCUT2D eigenvalue weighted by Crippen LogP contribution is -2.51. The van der Waals surface area contributed by atoms with Crippen LogP contribution in [0.25, 0.3) is 6.08 Å². The molecule has 2 aromatic rings. The number of thioether (sulfide) groups is 1. The van der Waals surface area contributed by atoms with Gasteiger partial charge in [-0.05, 0) is 55.0 Å². The number of hydrogen-bond acceptors (Lipinski definition) is 3. The molecular formula is C24H25ClN2O2S. The molecule has 30 heavy (non-hydrogen) atoms. The molecule has 3 unspecified atom stereocenters. The highest BCUT2D eigenvalue weighted by atomic mass is 35.5. The molecule has 2 aromatic carbocycles. The smallest absolute Gasteiger partial charge is 0.257 e. The van der Waals surface area contributed by atoms with Crippen molar-refractivity contribution in [2.24, 2.45) is 5.92 Å². The van der Waals surface area contributed by atoms with Crippen LogP contribution in [0, 0.1) is 5.92 Å². The highest BCUT2D eigenvalue weighted by Gasteiger charge is 2.39. The van der Waals surface area contributed by atoms with Crippen LogP contribution in [0.2, 0.25) is 5.02 Å². The Kier molecular flexibility index (Phi) is 6.80. The molecule has 0 aromatic heterocycles. The summed E-state index contributed by atoms with van der Waals surface area (Å²) >= 11 is 7.68. The van der Waals surface area contributed by atoms with E-state index in [1.54, 1.807) is 11.8 Å². The van der Waals surface area contributed by atoms with E-state index in [1.807, 2.05) is 48.5 Å². The Bertz CT molecular complexity index is 947. The second-order valence-electron chi connectivity index (χ2n) is 7.84. The van der Waals surface area contributed by atoms with Gasteiger partial charge in [0.15, 0.2) is 0 Å². The van der Waals surface area contributed by atoms with Crippen molar-refractivity contribution < 1.29 is 9.59 Å². The molecule has 0 bridgehead atoms. The Morgan fingerprint density at radius 3 is 2.80 bits per heavy atom. The monoisotopic (exact) mass is 440 g/mol. The number of benzene rings is 2. The number of carbonyl (C=O) groups excluding carboxylic acids is 2. The summed E-state index contributed by atoms with van der Waals surface area (Å²) in [5.74, 6) is -0.00311. The van der Waals surface area contributed by atoms with Crippen LogP contribution in [0.4, 0.5) is 0 Å². The average Bonchev–Trinajstić information content (AvgIpc) is 2.75. The predicted octanol–water partition coefficient (Wildman–Crippen LogP) is 4.44. The number of fused-ring (bicyclic) bond motifs is 1. The summed E-state index contributed by atoms with van der Waals surface area (Å²) in [6.45, 7) is 0.640. The van der Waals surface area contributed by atoms with Crippen molar-refractivity contribution >= 4 is 41.3 Å². The van der Waals surface area contributed by atoms with E-state index in [2.05, 4.69) is 22.8 Å². The SMILES string of the molecule is O=C1NC2CC(C(=O)NCCc3ccccc3)CCC2S/C1=C/c1cccc(Cl)c1. The number of nitrogens with one attached hydrogen (secondary N) is 2. The molecule has 2 N–H and O–H groups in total. The molecule has 2 aliphatic rings. The average molecular weight is 441 g/mol. The lowest BCUT2D eigenvalue weighted by atomic mass is 9.84. The standard InChI is InChI=1S/C24H25ClN2O2S/c25-19-8-4-7-17(13-19)14-22-24(29)27-20-15-18(9-10-21(20)30-22)23(28)26-12-11-16-5-2-1-3-6-16/h1-8,13-14,18,20-21H,9-12,15H2,(H,26,28)(H,27,29)/b22-14+. The van der Waals surface area contributed by atoms with Crippen LogP contribution in [0.3, 0.4) is 0 Å². The zero-order valence-corrected chi connectivity index (χ0v) is 18.2. The summed E-state index contributed by atoms with van der Waals surface area (Å²) in [6, 6.07) is 17.7. The highest BCUT2D eigenvalue weighted by Crippen LogP contribution is 2.40. The van der Waals surface area contributed by atoms with E-state index in [1.165, 1.54) is 5.56 Å². The Morgan fingerprint density at radius 2 is 2.00 bits per heavy atom. The van der Waals surface area contributed by atoms with Gasteiger partial charge in [-0.25, -0.2) is 0 Å².